The second-order valence-electron chi connectivity index (χ2n) is 6.19. The monoisotopic (exact) mass is 349 g/mol. The number of para-hydroxylation sites is 1. The molecule has 0 aliphatic heterocycles. The molecule has 3 rings (SSSR count). The number of hydrogen-bond acceptors (Lipinski definition) is 4. The first-order valence-corrected chi connectivity index (χ1v) is 8.99. The fourth-order valence-corrected chi connectivity index (χ4v) is 4.23. The number of nitrogens with zero attached hydrogens (tertiary/aromatic N) is 1. The molecule has 0 bridgehead atoms. The van der Waals surface area contributed by atoms with Gasteiger partial charge in [0.15, 0.2) is 0 Å². The van der Waals surface area contributed by atoms with Crippen LogP contribution in [0.15, 0.2) is 18.2 Å². The molecule has 5 nitrogen and oxygen atoms in total. The molecule has 1 aliphatic carbocycles. The molecule has 24 heavy (non-hydrogen) atoms. The molecule has 1 aromatic carbocycles. The Morgan fingerprint density at radius 1 is 1.38 bits per heavy atom. The highest BCUT2D eigenvalue weighted by molar-refractivity contribution is 7.18. The number of primary amides is 1. The van der Waals surface area contributed by atoms with Gasteiger partial charge in [0, 0.05) is 12.8 Å². The van der Waals surface area contributed by atoms with Gasteiger partial charge in [-0.2, -0.15) is 0 Å². The fourth-order valence-electron chi connectivity index (χ4n) is 3.25. The zero-order valence-corrected chi connectivity index (χ0v) is 14.1. The molecule has 3 N–H and O–H groups in total. The van der Waals surface area contributed by atoms with Crippen LogP contribution >= 0.6 is 11.3 Å². The van der Waals surface area contributed by atoms with E-state index in [4.69, 9.17) is 5.73 Å². The summed E-state index contributed by atoms with van der Waals surface area (Å²) in [5.41, 5.74) is 5.78. The SMILES string of the molecule is NC(=O)C(NC(=O)CCc1nc2c(F)cccc2s1)C1CCCC1. The molecule has 128 valence electrons. The van der Waals surface area contributed by atoms with Crippen LogP contribution in [0.4, 0.5) is 4.39 Å². The summed E-state index contributed by atoms with van der Waals surface area (Å²) in [5.74, 6) is -0.903. The normalized spacial score (nSPS) is 16.4. The first-order chi connectivity index (χ1) is 11.5. The number of amides is 2. The zero-order valence-electron chi connectivity index (χ0n) is 13.3. The Hall–Kier alpha value is -2.02. The van der Waals surface area contributed by atoms with E-state index in [1.165, 1.54) is 17.4 Å². The summed E-state index contributed by atoms with van der Waals surface area (Å²) in [4.78, 5) is 28.0. The van der Waals surface area contributed by atoms with E-state index in [0.29, 0.717) is 16.9 Å². The largest absolute Gasteiger partial charge is 0.368 e. The minimum Gasteiger partial charge on any atom is -0.368 e. The standard InChI is InChI=1S/C17H20FN3O2S/c18-11-6-3-7-12-16(11)21-14(24-12)9-8-13(22)20-15(17(19)23)10-4-1-2-5-10/h3,6-7,10,15H,1-2,4-5,8-9H2,(H2,19,23)(H,20,22). The molecule has 1 aromatic heterocycles. The van der Waals surface area contributed by atoms with Gasteiger partial charge in [-0.25, -0.2) is 9.37 Å². The lowest BCUT2D eigenvalue weighted by Gasteiger charge is -2.21. The van der Waals surface area contributed by atoms with Crippen molar-refractivity contribution in [3.8, 4) is 0 Å². The quantitative estimate of drug-likeness (QED) is 0.840. The van der Waals surface area contributed by atoms with Gasteiger partial charge in [-0.15, -0.1) is 11.3 Å². The molecule has 2 amide bonds. The second kappa shape index (κ2) is 7.25. The molecule has 2 aromatic rings. The second-order valence-corrected chi connectivity index (χ2v) is 7.30. The van der Waals surface area contributed by atoms with Crippen molar-refractivity contribution in [2.45, 2.75) is 44.6 Å². The van der Waals surface area contributed by atoms with Crippen LogP contribution in [0.5, 0.6) is 0 Å². The predicted octanol–water partition coefficient (Wildman–Crippen LogP) is 2.53. The number of rotatable bonds is 6. The predicted molar refractivity (Wildman–Crippen MR) is 91.0 cm³/mol. The summed E-state index contributed by atoms with van der Waals surface area (Å²) in [7, 11) is 0. The van der Waals surface area contributed by atoms with E-state index in [2.05, 4.69) is 10.3 Å². The molecule has 7 heteroatoms. The van der Waals surface area contributed by atoms with Crippen LogP contribution in [-0.2, 0) is 16.0 Å². The van der Waals surface area contributed by atoms with Gasteiger partial charge in [-0.3, -0.25) is 9.59 Å². The number of benzene rings is 1. The summed E-state index contributed by atoms with van der Waals surface area (Å²) >= 11 is 1.38. The van der Waals surface area contributed by atoms with Crippen molar-refractivity contribution in [2.24, 2.45) is 11.7 Å². The summed E-state index contributed by atoms with van der Waals surface area (Å²) in [6.45, 7) is 0. The lowest BCUT2D eigenvalue weighted by molar-refractivity contribution is -0.128. The van der Waals surface area contributed by atoms with Crippen LogP contribution in [0.3, 0.4) is 0 Å². The number of fused-ring (bicyclic) bond motifs is 1. The van der Waals surface area contributed by atoms with E-state index in [-0.39, 0.29) is 24.1 Å². The summed E-state index contributed by atoms with van der Waals surface area (Å²) in [5, 5.41) is 3.47. The lowest BCUT2D eigenvalue weighted by Crippen LogP contribution is -2.48. The van der Waals surface area contributed by atoms with Gasteiger partial charge in [0.1, 0.15) is 17.4 Å². The molecule has 0 saturated heterocycles. The topological polar surface area (TPSA) is 85.1 Å². The minimum atomic E-state index is -0.590. The Kier molecular flexibility index (Phi) is 5.08. The Bertz CT molecular complexity index is 755. The number of aromatic nitrogens is 1. The van der Waals surface area contributed by atoms with Crippen molar-refractivity contribution in [1.29, 1.82) is 0 Å². The number of halogens is 1. The highest BCUT2D eigenvalue weighted by Gasteiger charge is 2.30. The van der Waals surface area contributed by atoms with Crippen molar-refractivity contribution in [2.75, 3.05) is 0 Å². The van der Waals surface area contributed by atoms with Crippen LogP contribution in [-0.4, -0.2) is 22.8 Å². The third-order valence-corrected chi connectivity index (χ3v) is 5.55. The summed E-state index contributed by atoms with van der Waals surface area (Å²) in [6.07, 6.45) is 4.61. The molecule has 0 spiro atoms. The fraction of sp³-hybridized carbons (Fsp3) is 0.471. The molecule has 1 fully saturated rings. The first-order valence-electron chi connectivity index (χ1n) is 8.17. The average molecular weight is 349 g/mol. The van der Waals surface area contributed by atoms with Crippen molar-refractivity contribution < 1.29 is 14.0 Å². The van der Waals surface area contributed by atoms with Gasteiger partial charge in [0.25, 0.3) is 0 Å². The van der Waals surface area contributed by atoms with E-state index in [1.54, 1.807) is 6.07 Å². The maximum atomic E-state index is 13.6. The Morgan fingerprint density at radius 3 is 2.79 bits per heavy atom. The number of nitrogens with two attached hydrogens (primary N) is 1. The number of nitrogens with one attached hydrogen (secondary N) is 1. The van der Waals surface area contributed by atoms with Crippen LogP contribution in [0.25, 0.3) is 10.2 Å². The lowest BCUT2D eigenvalue weighted by atomic mass is 9.97. The van der Waals surface area contributed by atoms with Gasteiger partial charge in [0.2, 0.25) is 11.8 Å². The van der Waals surface area contributed by atoms with Gasteiger partial charge < -0.3 is 11.1 Å². The zero-order chi connectivity index (χ0) is 17.1. The first kappa shape index (κ1) is 16.8. The van der Waals surface area contributed by atoms with E-state index >= 15 is 0 Å². The van der Waals surface area contributed by atoms with Crippen LogP contribution in [0, 0.1) is 11.7 Å². The van der Waals surface area contributed by atoms with Crippen LogP contribution < -0.4 is 11.1 Å². The number of aryl methyl sites for hydroxylation is 1. The van der Waals surface area contributed by atoms with Crippen LogP contribution in [0.1, 0.15) is 37.1 Å². The third-order valence-electron chi connectivity index (χ3n) is 4.47. The number of thiazole rings is 1. The molecule has 1 atom stereocenters. The van der Waals surface area contributed by atoms with E-state index in [0.717, 1.165) is 30.4 Å². The van der Waals surface area contributed by atoms with Gasteiger partial charge in [-0.1, -0.05) is 18.9 Å². The van der Waals surface area contributed by atoms with Crippen molar-refractivity contribution in [1.82, 2.24) is 10.3 Å². The molecule has 1 unspecified atom stereocenters. The highest BCUT2D eigenvalue weighted by atomic mass is 32.1. The molecule has 0 radical (unpaired) electrons. The van der Waals surface area contributed by atoms with E-state index < -0.39 is 11.9 Å². The van der Waals surface area contributed by atoms with Crippen molar-refractivity contribution in [3.05, 3.63) is 29.0 Å². The molecule has 1 saturated carbocycles. The van der Waals surface area contributed by atoms with Gasteiger partial charge >= 0.3 is 0 Å². The molecule has 1 aliphatic rings. The number of carbonyl (C=O) groups excluding carboxylic acids is 2. The van der Waals surface area contributed by atoms with Crippen LogP contribution in [0.2, 0.25) is 0 Å². The minimum absolute atomic E-state index is 0.142. The molecule has 1 heterocycles. The summed E-state index contributed by atoms with van der Waals surface area (Å²) in [6, 6.07) is 4.24. The highest BCUT2D eigenvalue weighted by Crippen LogP contribution is 2.28. The Morgan fingerprint density at radius 2 is 2.12 bits per heavy atom. The third kappa shape index (κ3) is 3.72. The molecular formula is C17H20FN3O2S. The van der Waals surface area contributed by atoms with Crippen molar-refractivity contribution >= 4 is 33.4 Å². The van der Waals surface area contributed by atoms with E-state index in [9.17, 15) is 14.0 Å². The van der Waals surface area contributed by atoms with Gasteiger partial charge in [0.05, 0.1) is 9.71 Å². The summed E-state index contributed by atoms with van der Waals surface area (Å²) < 4.78 is 14.4. The molecular weight excluding hydrogens is 329 g/mol. The van der Waals surface area contributed by atoms with Gasteiger partial charge in [-0.05, 0) is 30.9 Å². The maximum absolute atomic E-state index is 13.6. The number of hydrogen-bond donors (Lipinski definition) is 2. The maximum Gasteiger partial charge on any atom is 0.240 e. The Labute approximate surface area is 143 Å². The average Bonchev–Trinajstić information content (AvgIpc) is 3.20. The number of carbonyl (C=O) groups is 2. The Balaban J connectivity index is 1.59. The smallest absolute Gasteiger partial charge is 0.240 e. The van der Waals surface area contributed by atoms with E-state index in [1.807, 2.05) is 6.07 Å². The van der Waals surface area contributed by atoms with Crippen molar-refractivity contribution in [3.63, 3.8) is 0 Å².